The van der Waals surface area contributed by atoms with Crippen LogP contribution in [0.5, 0.6) is 0 Å². The van der Waals surface area contributed by atoms with Crippen molar-refractivity contribution in [2.45, 2.75) is 12.4 Å². The maximum absolute atomic E-state index is 11.9. The minimum absolute atomic E-state index is 0.227. The van der Waals surface area contributed by atoms with E-state index in [0.29, 0.717) is 26.7 Å². The van der Waals surface area contributed by atoms with Gasteiger partial charge in [0, 0.05) is 12.4 Å². The van der Waals surface area contributed by atoms with Gasteiger partial charge in [-0.1, -0.05) is 47.5 Å². The van der Waals surface area contributed by atoms with Gasteiger partial charge in [0.05, 0.1) is 9.90 Å². The SMILES string of the molecule is O=C(NCc1ccc(CCl)cc1)c1cc(Cl)sc1Cl. The van der Waals surface area contributed by atoms with Crippen molar-refractivity contribution in [1.82, 2.24) is 5.32 Å². The monoisotopic (exact) mass is 333 g/mol. The molecule has 0 aliphatic rings. The van der Waals surface area contributed by atoms with Crippen LogP contribution in [0.3, 0.4) is 0 Å². The Kier molecular flexibility index (Phi) is 5.11. The Morgan fingerprint density at radius 3 is 2.32 bits per heavy atom. The molecule has 0 radical (unpaired) electrons. The van der Waals surface area contributed by atoms with Gasteiger partial charge in [-0.05, 0) is 17.2 Å². The van der Waals surface area contributed by atoms with Gasteiger partial charge in [0.2, 0.25) is 0 Å². The van der Waals surface area contributed by atoms with E-state index in [1.165, 1.54) is 11.3 Å². The van der Waals surface area contributed by atoms with E-state index in [2.05, 4.69) is 5.32 Å². The average Bonchev–Trinajstić information content (AvgIpc) is 2.75. The molecule has 0 aliphatic heterocycles. The van der Waals surface area contributed by atoms with Gasteiger partial charge in [0.25, 0.3) is 5.91 Å². The van der Waals surface area contributed by atoms with Gasteiger partial charge in [-0.3, -0.25) is 4.79 Å². The van der Waals surface area contributed by atoms with Crippen molar-refractivity contribution in [2.75, 3.05) is 0 Å². The van der Waals surface area contributed by atoms with Crippen LogP contribution in [0.1, 0.15) is 21.5 Å². The fourth-order valence-corrected chi connectivity index (χ4v) is 3.16. The number of amides is 1. The number of thiophene rings is 1. The zero-order valence-corrected chi connectivity index (χ0v) is 12.8. The molecule has 0 atom stereocenters. The molecule has 1 aromatic heterocycles. The number of carbonyl (C=O) groups excluding carboxylic acids is 1. The summed E-state index contributed by atoms with van der Waals surface area (Å²) in [5.74, 6) is 0.255. The van der Waals surface area contributed by atoms with Crippen LogP contribution in [0.4, 0.5) is 0 Å². The Bertz CT molecular complexity index is 580. The summed E-state index contributed by atoms with van der Waals surface area (Å²) in [6, 6.07) is 9.30. The van der Waals surface area contributed by atoms with Crippen molar-refractivity contribution >= 4 is 52.0 Å². The lowest BCUT2D eigenvalue weighted by Crippen LogP contribution is -2.22. The van der Waals surface area contributed by atoms with Crippen LogP contribution in [0.2, 0.25) is 8.67 Å². The number of halogens is 3. The van der Waals surface area contributed by atoms with Gasteiger partial charge in [0.15, 0.2) is 0 Å². The molecule has 1 N–H and O–H groups in total. The highest BCUT2D eigenvalue weighted by atomic mass is 35.5. The molecule has 1 aromatic carbocycles. The van der Waals surface area contributed by atoms with Crippen molar-refractivity contribution in [1.29, 1.82) is 0 Å². The number of carbonyl (C=O) groups is 1. The lowest BCUT2D eigenvalue weighted by atomic mass is 10.1. The molecule has 6 heteroatoms. The van der Waals surface area contributed by atoms with Crippen LogP contribution < -0.4 is 5.32 Å². The number of hydrogen-bond acceptors (Lipinski definition) is 2. The maximum Gasteiger partial charge on any atom is 0.253 e. The normalized spacial score (nSPS) is 10.5. The second-order valence-electron chi connectivity index (χ2n) is 3.87. The van der Waals surface area contributed by atoms with Gasteiger partial charge in [-0.25, -0.2) is 0 Å². The standard InChI is InChI=1S/C13H10Cl3NOS/c14-6-8-1-3-9(4-2-8)7-17-13(18)10-5-11(15)19-12(10)16/h1-5H,6-7H2,(H,17,18). The second-order valence-corrected chi connectivity index (χ2v) is 6.42. The third-order valence-corrected chi connectivity index (χ3v) is 4.33. The summed E-state index contributed by atoms with van der Waals surface area (Å²) in [4.78, 5) is 11.9. The highest BCUT2D eigenvalue weighted by Crippen LogP contribution is 2.30. The summed E-state index contributed by atoms with van der Waals surface area (Å²) in [6.45, 7) is 0.436. The molecule has 2 aromatic rings. The quantitative estimate of drug-likeness (QED) is 0.805. The van der Waals surface area contributed by atoms with Crippen LogP contribution in [0.15, 0.2) is 30.3 Å². The molecule has 2 nitrogen and oxygen atoms in total. The summed E-state index contributed by atoms with van der Waals surface area (Å²) in [5.41, 5.74) is 2.46. The molecule has 0 bridgehead atoms. The lowest BCUT2D eigenvalue weighted by Gasteiger charge is -2.05. The van der Waals surface area contributed by atoms with E-state index in [4.69, 9.17) is 34.8 Å². The molecule has 0 unspecified atom stereocenters. The zero-order chi connectivity index (χ0) is 13.8. The molecule has 0 saturated carbocycles. The first kappa shape index (κ1) is 14.7. The Balaban J connectivity index is 1.98. The van der Waals surface area contributed by atoms with Gasteiger partial charge >= 0.3 is 0 Å². The lowest BCUT2D eigenvalue weighted by molar-refractivity contribution is 0.0951. The molecule has 0 aliphatic carbocycles. The minimum Gasteiger partial charge on any atom is -0.348 e. The van der Waals surface area contributed by atoms with Crippen molar-refractivity contribution < 1.29 is 4.79 Å². The van der Waals surface area contributed by atoms with E-state index in [-0.39, 0.29) is 5.91 Å². The molecule has 2 rings (SSSR count). The Morgan fingerprint density at radius 2 is 1.79 bits per heavy atom. The number of alkyl halides is 1. The summed E-state index contributed by atoms with van der Waals surface area (Å²) < 4.78 is 0.904. The first-order valence-corrected chi connectivity index (χ1v) is 7.57. The molecular formula is C13H10Cl3NOS. The van der Waals surface area contributed by atoms with Crippen molar-refractivity contribution in [3.63, 3.8) is 0 Å². The second kappa shape index (κ2) is 6.62. The van der Waals surface area contributed by atoms with E-state index >= 15 is 0 Å². The smallest absolute Gasteiger partial charge is 0.253 e. The van der Waals surface area contributed by atoms with Crippen LogP contribution in [-0.4, -0.2) is 5.91 Å². The number of nitrogens with one attached hydrogen (secondary N) is 1. The average molecular weight is 335 g/mol. The molecule has 0 spiro atoms. The van der Waals surface area contributed by atoms with E-state index in [9.17, 15) is 4.79 Å². The Hall–Kier alpha value is -0.740. The number of rotatable bonds is 4. The predicted octanol–water partition coefficient (Wildman–Crippen LogP) is 4.72. The van der Waals surface area contributed by atoms with Crippen molar-refractivity contribution in [3.8, 4) is 0 Å². The Labute approximate surface area is 130 Å². The summed E-state index contributed by atoms with van der Waals surface area (Å²) in [5, 5.41) is 2.80. The molecule has 1 amide bonds. The fourth-order valence-electron chi connectivity index (χ4n) is 1.52. The number of benzene rings is 1. The highest BCUT2D eigenvalue weighted by molar-refractivity contribution is 7.20. The van der Waals surface area contributed by atoms with Crippen molar-refractivity contribution in [3.05, 3.63) is 55.7 Å². The molecule has 0 fully saturated rings. The maximum atomic E-state index is 11.9. The van der Waals surface area contributed by atoms with Gasteiger partial charge < -0.3 is 5.32 Å². The van der Waals surface area contributed by atoms with Gasteiger partial charge in [0.1, 0.15) is 4.34 Å². The zero-order valence-electron chi connectivity index (χ0n) is 9.75. The van der Waals surface area contributed by atoms with Gasteiger partial charge in [-0.15, -0.1) is 22.9 Å². The minimum atomic E-state index is -0.227. The van der Waals surface area contributed by atoms with Crippen LogP contribution >= 0.6 is 46.1 Å². The van der Waals surface area contributed by atoms with E-state index < -0.39 is 0 Å². The molecule has 1 heterocycles. The largest absolute Gasteiger partial charge is 0.348 e. The number of hydrogen-bond donors (Lipinski definition) is 1. The predicted molar refractivity (Wildman–Crippen MR) is 81.5 cm³/mol. The summed E-state index contributed by atoms with van der Waals surface area (Å²) in [7, 11) is 0. The van der Waals surface area contributed by atoms with Crippen LogP contribution in [0, 0.1) is 0 Å². The van der Waals surface area contributed by atoms with Crippen LogP contribution in [-0.2, 0) is 12.4 Å². The molecule has 100 valence electrons. The summed E-state index contributed by atoms with van der Waals surface area (Å²) >= 11 is 18.6. The van der Waals surface area contributed by atoms with E-state index in [0.717, 1.165) is 11.1 Å². The van der Waals surface area contributed by atoms with Crippen molar-refractivity contribution in [2.24, 2.45) is 0 Å². The fraction of sp³-hybridized carbons (Fsp3) is 0.154. The van der Waals surface area contributed by atoms with E-state index in [1.807, 2.05) is 24.3 Å². The molecule has 19 heavy (non-hydrogen) atoms. The molecule has 0 saturated heterocycles. The molecular weight excluding hydrogens is 325 g/mol. The van der Waals surface area contributed by atoms with E-state index in [1.54, 1.807) is 6.07 Å². The topological polar surface area (TPSA) is 29.1 Å². The third kappa shape index (κ3) is 3.86. The highest BCUT2D eigenvalue weighted by Gasteiger charge is 2.13. The Morgan fingerprint density at radius 1 is 1.16 bits per heavy atom. The first-order valence-electron chi connectivity index (χ1n) is 5.47. The third-order valence-electron chi connectivity index (χ3n) is 2.53. The van der Waals surface area contributed by atoms with Crippen LogP contribution in [0.25, 0.3) is 0 Å². The summed E-state index contributed by atoms with van der Waals surface area (Å²) in [6.07, 6.45) is 0. The van der Waals surface area contributed by atoms with Gasteiger partial charge in [-0.2, -0.15) is 0 Å². The first-order chi connectivity index (χ1) is 9.10.